The van der Waals surface area contributed by atoms with Crippen LogP contribution in [0.4, 0.5) is 0 Å². The molecule has 0 heterocycles. The van der Waals surface area contributed by atoms with Gasteiger partial charge in [-0.25, -0.2) is 0 Å². The molecule has 49 valence electrons. The second-order valence-corrected chi connectivity index (χ2v) is 0. The van der Waals surface area contributed by atoms with Crippen molar-refractivity contribution in [1.29, 1.82) is 0 Å². The summed E-state index contributed by atoms with van der Waals surface area (Å²) in [6, 6.07) is 0. The van der Waals surface area contributed by atoms with Crippen molar-refractivity contribution in [2.75, 3.05) is 0 Å². The molecule has 0 saturated heterocycles. The van der Waals surface area contributed by atoms with Crippen molar-refractivity contribution in [2.45, 2.75) is 0 Å². The van der Waals surface area contributed by atoms with Crippen molar-refractivity contribution in [3.05, 3.63) is 0 Å². The largest absolute Gasteiger partial charge is 2.00 e. The van der Waals surface area contributed by atoms with Gasteiger partial charge in [0.2, 0.25) is 0 Å². The summed E-state index contributed by atoms with van der Waals surface area (Å²) in [5.74, 6) is 0. The molecular weight excluding hydrogens is 190 g/mol. The molecule has 0 spiro atoms. The minimum atomic E-state index is 0. The van der Waals surface area contributed by atoms with Gasteiger partial charge in [-0.15, -0.1) is 0 Å². The molecule has 1 radical (unpaired) electrons. The van der Waals surface area contributed by atoms with E-state index in [1.165, 1.54) is 0 Å². The van der Waals surface area contributed by atoms with Gasteiger partial charge >= 0.3 is 59.0 Å². The molecule has 0 aliphatic rings. The fourth-order valence-corrected chi connectivity index (χ4v) is 0. The molecule has 0 aromatic carbocycles. The Hall–Kier alpha value is 1.53. The molecule has 0 nitrogen and oxygen atoms in total. The summed E-state index contributed by atoms with van der Waals surface area (Å²) in [6.45, 7) is 0. The Labute approximate surface area is 82.2 Å². The molecular formula is CuF5LiMg. The second kappa shape index (κ2) is 206. The predicted octanol–water partition coefficient (Wildman–Crippen LogP) is -18.4. The summed E-state index contributed by atoms with van der Waals surface area (Å²) >= 11 is 0. The summed E-state index contributed by atoms with van der Waals surface area (Å²) in [6.07, 6.45) is 0. The van der Waals surface area contributed by atoms with Crippen LogP contribution in [0, 0.1) is 0 Å². The molecule has 0 fully saturated rings. The first-order chi connectivity index (χ1) is 0. The Balaban J connectivity index is 0. The Morgan fingerprint density at radius 1 is 0.500 bits per heavy atom. The Bertz CT molecular complexity index is 12.4. The van der Waals surface area contributed by atoms with Crippen LogP contribution in [-0.4, -0.2) is 23.1 Å². The van der Waals surface area contributed by atoms with Gasteiger partial charge in [-0.1, -0.05) is 0 Å². The van der Waals surface area contributed by atoms with E-state index >= 15 is 0 Å². The normalized spacial score (nSPS) is 0. The molecule has 0 N–H and O–H groups in total. The average Bonchev–Trinajstić information content (AvgIpc) is 0. The monoisotopic (exact) mass is 189 g/mol. The molecule has 0 aliphatic heterocycles. The third-order valence-corrected chi connectivity index (χ3v) is 0. The molecule has 8 heavy (non-hydrogen) atoms. The molecule has 0 aromatic rings. The molecule has 0 bridgehead atoms. The van der Waals surface area contributed by atoms with E-state index in [4.69, 9.17) is 0 Å². The summed E-state index contributed by atoms with van der Waals surface area (Å²) in [5.41, 5.74) is 0. The summed E-state index contributed by atoms with van der Waals surface area (Å²) < 4.78 is 0. The molecule has 0 saturated carbocycles. The van der Waals surface area contributed by atoms with E-state index < -0.39 is 0 Å². The third-order valence-electron chi connectivity index (χ3n) is 0. The minimum Gasteiger partial charge on any atom is -1.00 e. The topological polar surface area (TPSA) is 0 Å². The van der Waals surface area contributed by atoms with Crippen molar-refractivity contribution in [2.24, 2.45) is 0 Å². The molecule has 0 unspecified atom stereocenters. The smallest absolute Gasteiger partial charge is 1.00 e. The molecule has 0 amide bonds. The number of hydrogen-bond donors (Lipinski definition) is 0. The van der Waals surface area contributed by atoms with Gasteiger partial charge < -0.3 is 23.5 Å². The van der Waals surface area contributed by atoms with Gasteiger partial charge in [-0.2, -0.15) is 0 Å². The number of halogens is 5. The van der Waals surface area contributed by atoms with E-state index in [2.05, 4.69) is 0 Å². The van der Waals surface area contributed by atoms with Crippen LogP contribution < -0.4 is 42.4 Å². The van der Waals surface area contributed by atoms with E-state index in [-0.39, 0.29) is 82.5 Å². The Kier molecular flexibility index (Phi) is 7610. The van der Waals surface area contributed by atoms with Crippen LogP contribution in [0.2, 0.25) is 0 Å². The van der Waals surface area contributed by atoms with Crippen molar-refractivity contribution >= 4 is 23.1 Å². The van der Waals surface area contributed by atoms with Crippen LogP contribution in [0.15, 0.2) is 0 Å². The van der Waals surface area contributed by atoms with Crippen molar-refractivity contribution in [1.82, 2.24) is 0 Å². The first-order valence-corrected chi connectivity index (χ1v) is 0. The first-order valence-electron chi connectivity index (χ1n) is 0. The maximum Gasteiger partial charge on any atom is 2.00 e. The van der Waals surface area contributed by atoms with E-state index in [1.54, 1.807) is 0 Å². The SMILES string of the molecule is [Cu+2].[F-].[F-].[F-].[F-].[F-].[Li+].[Mg+2]. The standard InChI is InChI=1S/Cu.5FH.Li.Mg/h;5*1H;;/q+2;;;;;;+1;+2/p-5. The number of hydrogen-bond acceptors (Lipinski definition) is 0. The fraction of sp³-hybridized carbons (Fsp3) is 0. The van der Waals surface area contributed by atoms with Gasteiger partial charge in [-0.3, -0.25) is 0 Å². The summed E-state index contributed by atoms with van der Waals surface area (Å²) in [5, 5.41) is 0. The maximum atomic E-state index is 0. The van der Waals surface area contributed by atoms with Crippen LogP contribution in [0.25, 0.3) is 0 Å². The van der Waals surface area contributed by atoms with Crippen molar-refractivity contribution in [3.8, 4) is 0 Å². The van der Waals surface area contributed by atoms with Crippen LogP contribution in [0.3, 0.4) is 0 Å². The third kappa shape index (κ3) is 137. The van der Waals surface area contributed by atoms with Gasteiger partial charge in [0.15, 0.2) is 0 Å². The molecule has 0 rings (SSSR count). The van der Waals surface area contributed by atoms with Crippen molar-refractivity contribution < 1.29 is 59.5 Å². The van der Waals surface area contributed by atoms with Crippen molar-refractivity contribution in [3.63, 3.8) is 0 Å². The Morgan fingerprint density at radius 3 is 0.500 bits per heavy atom. The maximum absolute atomic E-state index is 0. The quantitative estimate of drug-likeness (QED) is 0.263. The van der Waals surface area contributed by atoms with Crippen LogP contribution in [-0.2, 0) is 17.1 Å². The van der Waals surface area contributed by atoms with Crippen LogP contribution in [0.5, 0.6) is 0 Å². The Morgan fingerprint density at radius 2 is 0.500 bits per heavy atom. The zero-order valence-corrected chi connectivity index (χ0v) is 6.25. The van der Waals surface area contributed by atoms with Gasteiger partial charge in [0.05, 0.1) is 0 Å². The van der Waals surface area contributed by atoms with Crippen LogP contribution in [0.1, 0.15) is 0 Å². The average molecular weight is 190 g/mol. The van der Waals surface area contributed by atoms with E-state index in [0.29, 0.717) is 0 Å². The minimum absolute atomic E-state index is 0. The predicted molar refractivity (Wildman–Crippen MR) is 5.75 cm³/mol. The molecule has 0 atom stereocenters. The summed E-state index contributed by atoms with van der Waals surface area (Å²) in [7, 11) is 0. The van der Waals surface area contributed by atoms with E-state index in [0.717, 1.165) is 0 Å². The van der Waals surface area contributed by atoms with Crippen LogP contribution >= 0.6 is 0 Å². The second-order valence-electron chi connectivity index (χ2n) is 0. The summed E-state index contributed by atoms with van der Waals surface area (Å²) in [4.78, 5) is 0. The van der Waals surface area contributed by atoms with Gasteiger partial charge in [0.25, 0.3) is 0 Å². The molecule has 0 aromatic heterocycles. The van der Waals surface area contributed by atoms with Gasteiger partial charge in [0.1, 0.15) is 0 Å². The van der Waals surface area contributed by atoms with E-state index in [1.807, 2.05) is 0 Å². The molecule has 8 heteroatoms. The first kappa shape index (κ1) is 295. The van der Waals surface area contributed by atoms with E-state index in [9.17, 15) is 0 Å². The fourth-order valence-electron chi connectivity index (χ4n) is 0. The van der Waals surface area contributed by atoms with Gasteiger partial charge in [0, 0.05) is 0 Å². The zero-order chi connectivity index (χ0) is 0. The molecule has 0 aliphatic carbocycles. The number of rotatable bonds is 0. The van der Waals surface area contributed by atoms with Gasteiger partial charge in [-0.05, 0) is 0 Å². The zero-order valence-electron chi connectivity index (χ0n) is 3.90.